The lowest BCUT2D eigenvalue weighted by Gasteiger charge is -2.21. The number of rotatable bonds is 8. The van der Waals surface area contributed by atoms with Crippen LogP contribution in [0.3, 0.4) is 0 Å². The average Bonchev–Trinajstić information content (AvgIpc) is 2.91. The zero-order valence-electron chi connectivity index (χ0n) is 19.2. The predicted octanol–water partition coefficient (Wildman–Crippen LogP) is 5.43. The van der Waals surface area contributed by atoms with Gasteiger partial charge in [-0.2, -0.15) is 9.97 Å². The fourth-order valence-corrected chi connectivity index (χ4v) is 4.42. The van der Waals surface area contributed by atoms with Crippen LogP contribution >= 0.6 is 8.46 Å². The molecule has 0 saturated heterocycles. The second-order valence-electron chi connectivity index (χ2n) is 7.15. The molecule has 0 spiro atoms. The first-order valence-corrected chi connectivity index (χ1v) is 11.2. The topological polar surface area (TPSA) is 79.8 Å². The van der Waals surface area contributed by atoms with Crippen molar-refractivity contribution >= 4 is 13.8 Å². The zero-order chi connectivity index (χ0) is 24.1. The number of methoxy groups -OCH3 is 4. The van der Waals surface area contributed by atoms with Gasteiger partial charge < -0.3 is 18.9 Å². The van der Waals surface area contributed by atoms with E-state index in [0.29, 0.717) is 33.8 Å². The first-order chi connectivity index (χ1) is 16.7. The van der Waals surface area contributed by atoms with Gasteiger partial charge in [-0.25, -0.2) is 0 Å². The lowest BCUT2D eigenvalue weighted by molar-refractivity contribution is 0.362. The van der Waals surface area contributed by atoms with Crippen LogP contribution in [0.15, 0.2) is 66.7 Å². The van der Waals surface area contributed by atoms with Gasteiger partial charge in [-0.05, 0) is 11.1 Å². The molecule has 2 aromatic carbocycles. The third kappa shape index (κ3) is 4.18. The van der Waals surface area contributed by atoms with E-state index in [0.717, 1.165) is 16.7 Å². The Morgan fingerprint density at radius 2 is 1.18 bits per heavy atom. The fraction of sp³-hybridized carbons (Fsp3) is 0.154. The average molecular weight is 474 g/mol. The number of hydrogen-bond donors (Lipinski definition) is 0. The lowest BCUT2D eigenvalue weighted by atomic mass is 9.90. The Kier molecular flexibility index (Phi) is 7.04. The van der Waals surface area contributed by atoms with Crippen LogP contribution < -0.4 is 24.3 Å². The van der Waals surface area contributed by atoms with E-state index < -0.39 is 0 Å². The van der Waals surface area contributed by atoms with Gasteiger partial charge in [-0.1, -0.05) is 60.7 Å². The van der Waals surface area contributed by atoms with Gasteiger partial charge in [0.2, 0.25) is 23.5 Å². The van der Waals surface area contributed by atoms with Gasteiger partial charge in [0.25, 0.3) is 0 Å². The van der Waals surface area contributed by atoms with Crippen LogP contribution in [0, 0.1) is 0 Å². The van der Waals surface area contributed by atoms with Crippen molar-refractivity contribution in [1.82, 2.24) is 9.97 Å². The molecule has 0 amide bonds. The summed E-state index contributed by atoms with van der Waals surface area (Å²) >= 11 is 0. The monoisotopic (exact) mass is 474 g/mol. The predicted molar refractivity (Wildman–Crippen MR) is 132 cm³/mol. The smallest absolute Gasteiger partial charge is 0.232 e. The SMILES string of the molecule is COc1cc(-c2ccccc2)c(-c2c(OC)nc(OC)c(P=O)c2-c2ccccc2)c(OC)n1. The van der Waals surface area contributed by atoms with Crippen LogP contribution in [0.1, 0.15) is 0 Å². The molecule has 8 heteroatoms. The molecule has 4 aromatic rings. The van der Waals surface area contributed by atoms with Crippen LogP contribution in [0.25, 0.3) is 33.4 Å². The maximum absolute atomic E-state index is 12.4. The van der Waals surface area contributed by atoms with Gasteiger partial charge >= 0.3 is 0 Å². The molecule has 0 N–H and O–H groups in total. The van der Waals surface area contributed by atoms with Crippen LogP contribution in [-0.4, -0.2) is 38.4 Å². The third-order valence-electron chi connectivity index (χ3n) is 5.35. The van der Waals surface area contributed by atoms with Gasteiger partial charge in [0, 0.05) is 17.2 Å². The maximum atomic E-state index is 12.4. The van der Waals surface area contributed by atoms with Crippen LogP contribution in [0.4, 0.5) is 0 Å². The van der Waals surface area contributed by atoms with E-state index in [1.165, 1.54) is 14.2 Å². The highest BCUT2D eigenvalue weighted by molar-refractivity contribution is 7.35. The van der Waals surface area contributed by atoms with Crippen molar-refractivity contribution in [1.29, 1.82) is 0 Å². The first kappa shape index (κ1) is 23.2. The van der Waals surface area contributed by atoms with Gasteiger partial charge in [0.05, 0.1) is 39.6 Å². The van der Waals surface area contributed by atoms with E-state index in [1.54, 1.807) is 14.2 Å². The summed E-state index contributed by atoms with van der Waals surface area (Å²) in [6.07, 6.45) is 0. The number of ether oxygens (including phenoxy) is 4. The van der Waals surface area contributed by atoms with E-state index in [4.69, 9.17) is 18.9 Å². The molecule has 34 heavy (non-hydrogen) atoms. The minimum absolute atomic E-state index is 0.206. The number of aromatic nitrogens is 2. The summed E-state index contributed by atoms with van der Waals surface area (Å²) in [5.41, 5.74) is 4.37. The summed E-state index contributed by atoms with van der Waals surface area (Å²) in [5, 5.41) is 0.390. The minimum atomic E-state index is -0.254. The van der Waals surface area contributed by atoms with Gasteiger partial charge in [0.1, 0.15) is 5.30 Å². The van der Waals surface area contributed by atoms with E-state index in [9.17, 15) is 4.57 Å². The van der Waals surface area contributed by atoms with Crippen molar-refractivity contribution in [2.75, 3.05) is 28.4 Å². The first-order valence-electron chi connectivity index (χ1n) is 10.4. The Labute approximate surface area is 199 Å². The second-order valence-corrected chi connectivity index (χ2v) is 7.78. The molecule has 0 unspecified atom stereocenters. The molecule has 7 nitrogen and oxygen atoms in total. The molecule has 4 rings (SSSR count). The molecular formula is C26H23N2O5P. The highest BCUT2D eigenvalue weighted by Gasteiger charge is 2.29. The van der Waals surface area contributed by atoms with Crippen molar-refractivity contribution < 1.29 is 23.5 Å². The number of benzene rings is 2. The molecule has 172 valence electrons. The van der Waals surface area contributed by atoms with Crippen molar-refractivity contribution in [2.24, 2.45) is 0 Å². The van der Waals surface area contributed by atoms with Crippen molar-refractivity contribution in [2.45, 2.75) is 0 Å². The summed E-state index contributed by atoms with van der Waals surface area (Å²) < 4.78 is 34.8. The van der Waals surface area contributed by atoms with Crippen molar-refractivity contribution in [3.05, 3.63) is 66.7 Å². The van der Waals surface area contributed by atoms with Gasteiger partial charge in [-0.15, -0.1) is 0 Å². The van der Waals surface area contributed by atoms with E-state index in [1.807, 2.05) is 66.7 Å². The van der Waals surface area contributed by atoms with E-state index in [-0.39, 0.29) is 20.2 Å². The molecule has 0 atom stereocenters. The summed E-state index contributed by atoms with van der Waals surface area (Å²) in [6, 6.07) is 21.2. The van der Waals surface area contributed by atoms with Crippen molar-refractivity contribution in [3.8, 4) is 56.9 Å². The normalized spacial score (nSPS) is 10.7. The summed E-state index contributed by atoms with van der Waals surface area (Å²) in [7, 11) is 5.85. The Morgan fingerprint density at radius 3 is 1.71 bits per heavy atom. The second kappa shape index (κ2) is 10.3. The zero-order valence-corrected chi connectivity index (χ0v) is 20.1. The number of hydrogen-bond acceptors (Lipinski definition) is 7. The standard InChI is InChI=1S/C26H23N2O5P/c1-30-19-15-18(16-11-7-5-8-12-16)21(24(27-19)31-2)22-20(17-13-9-6-10-14-17)23(34-29)26(33-4)28-25(22)32-3/h5-15H,1-4H3. The van der Waals surface area contributed by atoms with Crippen LogP contribution in [0.2, 0.25) is 0 Å². The molecule has 0 radical (unpaired) electrons. The lowest BCUT2D eigenvalue weighted by Crippen LogP contribution is -2.11. The fourth-order valence-electron chi connectivity index (χ4n) is 3.86. The van der Waals surface area contributed by atoms with E-state index >= 15 is 0 Å². The molecule has 0 aliphatic rings. The summed E-state index contributed by atoms with van der Waals surface area (Å²) in [6.45, 7) is 0. The summed E-state index contributed by atoms with van der Waals surface area (Å²) in [4.78, 5) is 9.07. The van der Waals surface area contributed by atoms with Gasteiger partial charge in [0.15, 0.2) is 8.46 Å². The molecule has 2 heterocycles. The Balaban J connectivity index is 2.22. The quantitative estimate of drug-likeness (QED) is 0.315. The van der Waals surface area contributed by atoms with E-state index in [2.05, 4.69) is 9.97 Å². The minimum Gasteiger partial charge on any atom is -0.481 e. The summed E-state index contributed by atoms with van der Waals surface area (Å²) in [5.74, 6) is 1.20. The number of nitrogens with zero attached hydrogens (tertiary/aromatic N) is 2. The highest BCUT2D eigenvalue weighted by atomic mass is 31.1. The number of pyridine rings is 2. The molecule has 0 aliphatic carbocycles. The molecule has 0 saturated carbocycles. The highest BCUT2D eigenvalue weighted by Crippen LogP contribution is 2.48. The Bertz CT molecular complexity index is 1310. The van der Waals surface area contributed by atoms with Crippen molar-refractivity contribution in [3.63, 3.8) is 0 Å². The molecule has 0 bridgehead atoms. The Hall–Kier alpha value is -3.96. The third-order valence-corrected chi connectivity index (χ3v) is 5.94. The van der Waals surface area contributed by atoms with Crippen LogP contribution in [0.5, 0.6) is 23.5 Å². The molecule has 2 aromatic heterocycles. The Morgan fingerprint density at radius 1 is 0.618 bits per heavy atom. The van der Waals surface area contributed by atoms with Crippen LogP contribution in [-0.2, 0) is 4.57 Å². The molecule has 0 fully saturated rings. The molecule has 0 aliphatic heterocycles. The molecular weight excluding hydrogens is 451 g/mol. The van der Waals surface area contributed by atoms with Gasteiger partial charge in [-0.3, -0.25) is 4.57 Å². The largest absolute Gasteiger partial charge is 0.481 e. The maximum Gasteiger partial charge on any atom is 0.232 e.